The van der Waals surface area contributed by atoms with Gasteiger partial charge >= 0.3 is 6.18 Å². The number of hydrogen-bond acceptors (Lipinski definition) is 2. The maximum absolute atomic E-state index is 12.8. The number of halogens is 4. The van der Waals surface area contributed by atoms with E-state index in [4.69, 9.17) is 11.6 Å². The van der Waals surface area contributed by atoms with E-state index in [1.54, 1.807) is 0 Å². The van der Waals surface area contributed by atoms with Crippen molar-refractivity contribution in [2.24, 2.45) is 0 Å². The normalized spacial score (nSPS) is 17.3. The quantitative estimate of drug-likeness (QED) is 0.792. The summed E-state index contributed by atoms with van der Waals surface area (Å²) in [5, 5.41) is 0. The van der Waals surface area contributed by atoms with E-state index in [0.717, 1.165) is 12.1 Å². The number of nitrogens with zero attached hydrogens (tertiary/aromatic N) is 1. The number of hydrogen-bond donors (Lipinski definition) is 0. The van der Waals surface area contributed by atoms with Gasteiger partial charge in [0.15, 0.2) is 5.78 Å². The van der Waals surface area contributed by atoms with Crippen LogP contribution in [0.5, 0.6) is 0 Å². The summed E-state index contributed by atoms with van der Waals surface area (Å²) in [5.41, 5.74) is -0.612. The fraction of sp³-hybridized carbons (Fsp3) is 0.462. The molecule has 21 heavy (non-hydrogen) atoms. The number of benzene rings is 1. The molecule has 1 heterocycles. The third-order valence-electron chi connectivity index (χ3n) is 3.16. The molecule has 0 spiro atoms. The van der Waals surface area contributed by atoms with Crippen LogP contribution in [0.3, 0.4) is 0 Å². The van der Waals surface area contributed by atoms with Gasteiger partial charge in [-0.3, -0.25) is 9.10 Å². The van der Waals surface area contributed by atoms with E-state index in [1.807, 2.05) is 0 Å². The smallest absolute Gasteiger partial charge is 0.294 e. The summed E-state index contributed by atoms with van der Waals surface area (Å²) in [4.78, 5) is 12.0. The lowest BCUT2D eigenvalue weighted by atomic mass is 10.0. The predicted molar refractivity (Wildman–Crippen MR) is 76.1 cm³/mol. The largest absolute Gasteiger partial charge is 0.416 e. The number of Topliss-reactive ketones (excluding diaryl/α,β-unsaturated/α-hetero) is 1. The molecule has 0 amide bonds. The number of alkyl halides is 4. The summed E-state index contributed by atoms with van der Waals surface area (Å²) in [6.45, 7) is 0.355. The van der Waals surface area contributed by atoms with E-state index in [1.165, 1.54) is 10.4 Å². The number of carbonyl (C=O) groups excluding carboxylic acids is 1. The fourth-order valence-corrected chi connectivity index (χ4v) is 3.64. The predicted octanol–water partition coefficient (Wildman–Crippen LogP) is 3.39. The van der Waals surface area contributed by atoms with Crippen molar-refractivity contribution < 1.29 is 22.2 Å². The molecule has 3 nitrogen and oxygen atoms in total. The standard InChI is InChI=1S/C13H13ClF3NO2S/c14-5-7-21(20)18-6-1-2-12(19)10-8-9(13(15,16)17)3-4-11(10)18/h3-4,8H,1-2,5-7H2. The molecule has 0 saturated heterocycles. The average molecular weight is 340 g/mol. The maximum atomic E-state index is 12.8. The lowest BCUT2D eigenvalue weighted by molar-refractivity contribution is -0.137. The maximum Gasteiger partial charge on any atom is 0.416 e. The van der Waals surface area contributed by atoms with Crippen molar-refractivity contribution in [3.63, 3.8) is 0 Å². The molecule has 8 heteroatoms. The van der Waals surface area contributed by atoms with Gasteiger partial charge in [0.25, 0.3) is 0 Å². The molecule has 1 atom stereocenters. The summed E-state index contributed by atoms with van der Waals surface area (Å²) in [6.07, 6.45) is -3.92. The van der Waals surface area contributed by atoms with E-state index < -0.39 is 22.7 Å². The second-order valence-corrected chi connectivity index (χ2v) is 6.44. The zero-order chi connectivity index (χ0) is 15.6. The number of ketones is 1. The van der Waals surface area contributed by atoms with Crippen LogP contribution in [-0.2, 0) is 17.2 Å². The summed E-state index contributed by atoms with van der Waals surface area (Å²) in [6, 6.07) is 2.96. The molecule has 1 aromatic rings. The van der Waals surface area contributed by atoms with Crippen molar-refractivity contribution in [2.45, 2.75) is 19.0 Å². The Morgan fingerprint density at radius 1 is 1.33 bits per heavy atom. The molecule has 0 aliphatic carbocycles. The Balaban J connectivity index is 2.48. The van der Waals surface area contributed by atoms with Crippen molar-refractivity contribution in [2.75, 3.05) is 22.5 Å². The van der Waals surface area contributed by atoms with Crippen molar-refractivity contribution >= 4 is 34.1 Å². The van der Waals surface area contributed by atoms with Crippen LogP contribution in [0, 0.1) is 0 Å². The molecule has 0 aromatic heterocycles. The molecule has 0 saturated carbocycles. The van der Waals surface area contributed by atoms with Crippen LogP contribution in [0.4, 0.5) is 18.9 Å². The topological polar surface area (TPSA) is 37.4 Å². The molecule has 0 radical (unpaired) electrons. The zero-order valence-electron chi connectivity index (χ0n) is 11.0. The lowest BCUT2D eigenvalue weighted by Gasteiger charge is -2.23. The minimum Gasteiger partial charge on any atom is -0.294 e. The second-order valence-electron chi connectivity index (χ2n) is 4.57. The number of fused-ring (bicyclic) bond motifs is 1. The Bertz CT molecular complexity index is 577. The first-order valence-corrected chi connectivity index (χ1v) is 8.12. The number of anilines is 1. The van der Waals surface area contributed by atoms with Crippen LogP contribution in [0.2, 0.25) is 0 Å². The Hall–Kier alpha value is -1.08. The minimum absolute atomic E-state index is 0.0229. The first-order chi connectivity index (χ1) is 9.84. The molecule has 1 aliphatic heterocycles. The Kier molecular flexibility index (Phi) is 4.93. The van der Waals surface area contributed by atoms with E-state index >= 15 is 0 Å². The van der Waals surface area contributed by atoms with Crippen LogP contribution < -0.4 is 4.31 Å². The second kappa shape index (κ2) is 6.36. The summed E-state index contributed by atoms with van der Waals surface area (Å²) in [7, 11) is -1.45. The minimum atomic E-state index is -4.51. The molecule has 1 aromatic carbocycles. The third kappa shape index (κ3) is 3.58. The van der Waals surface area contributed by atoms with E-state index in [2.05, 4.69) is 0 Å². The van der Waals surface area contributed by atoms with Crippen LogP contribution in [-0.4, -0.2) is 28.2 Å². The van der Waals surface area contributed by atoms with Gasteiger partial charge < -0.3 is 0 Å². The lowest BCUT2D eigenvalue weighted by Crippen LogP contribution is -2.29. The van der Waals surface area contributed by atoms with Gasteiger partial charge in [0, 0.05) is 24.4 Å². The molecule has 2 rings (SSSR count). The van der Waals surface area contributed by atoms with Gasteiger partial charge in [-0.2, -0.15) is 13.2 Å². The van der Waals surface area contributed by atoms with Gasteiger partial charge in [0.05, 0.1) is 17.0 Å². The van der Waals surface area contributed by atoms with Crippen molar-refractivity contribution in [1.29, 1.82) is 0 Å². The van der Waals surface area contributed by atoms with Crippen molar-refractivity contribution in [1.82, 2.24) is 0 Å². The van der Waals surface area contributed by atoms with Crippen molar-refractivity contribution in [3.8, 4) is 0 Å². The number of carbonyl (C=O) groups is 1. The average Bonchev–Trinajstić information content (AvgIpc) is 2.57. The monoisotopic (exact) mass is 339 g/mol. The highest BCUT2D eigenvalue weighted by Crippen LogP contribution is 2.35. The summed E-state index contributed by atoms with van der Waals surface area (Å²) >= 11 is 5.56. The van der Waals surface area contributed by atoms with Gasteiger partial charge in [0.2, 0.25) is 0 Å². The molecular formula is C13H13ClF3NO2S. The van der Waals surface area contributed by atoms with Crippen molar-refractivity contribution in [3.05, 3.63) is 29.3 Å². The first-order valence-electron chi connectivity index (χ1n) is 6.31. The van der Waals surface area contributed by atoms with E-state index in [-0.39, 0.29) is 35.1 Å². The highest BCUT2D eigenvalue weighted by Gasteiger charge is 2.33. The molecule has 0 bridgehead atoms. The Labute approximate surface area is 127 Å². The third-order valence-corrected chi connectivity index (χ3v) is 4.99. The van der Waals surface area contributed by atoms with Gasteiger partial charge in [-0.25, -0.2) is 4.21 Å². The Morgan fingerprint density at radius 2 is 2.05 bits per heavy atom. The highest BCUT2D eigenvalue weighted by atomic mass is 35.5. The summed E-state index contributed by atoms with van der Waals surface area (Å²) in [5.74, 6) is 0.00457. The Morgan fingerprint density at radius 3 is 2.67 bits per heavy atom. The van der Waals surface area contributed by atoms with Gasteiger partial charge in [-0.05, 0) is 24.6 Å². The van der Waals surface area contributed by atoms with E-state index in [9.17, 15) is 22.2 Å². The fourth-order valence-electron chi connectivity index (χ4n) is 2.18. The van der Waals surface area contributed by atoms with Gasteiger partial charge in [-0.15, -0.1) is 11.6 Å². The van der Waals surface area contributed by atoms with Crippen LogP contribution in [0.15, 0.2) is 18.2 Å². The van der Waals surface area contributed by atoms with Crippen LogP contribution in [0.25, 0.3) is 0 Å². The highest BCUT2D eigenvalue weighted by molar-refractivity contribution is 7.86. The first kappa shape index (κ1) is 16.3. The molecule has 1 unspecified atom stereocenters. The molecular weight excluding hydrogens is 327 g/mol. The summed E-state index contributed by atoms with van der Waals surface area (Å²) < 4.78 is 51.9. The van der Waals surface area contributed by atoms with Crippen LogP contribution in [0.1, 0.15) is 28.8 Å². The van der Waals surface area contributed by atoms with Crippen LogP contribution >= 0.6 is 11.6 Å². The van der Waals surface area contributed by atoms with Gasteiger partial charge in [-0.1, -0.05) is 0 Å². The molecule has 0 fully saturated rings. The van der Waals surface area contributed by atoms with E-state index in [0.29, 0.717) is 13.0 Å². The molecule has 1 aliphatic rings. The SMILES string of the molecule is O=C1CCCN(S(=O)CCCl)c2ccc(C(F)(F)F)cc21. The molecule has 116 valence electrons. The zero-order valence-corrected chi connectivity index (χ0v) is 12.5. The number of rotatable bonds is 3. The molecule has 0 N–H and O–H groups in total. The van der Waals surface area contributed by atoms with Gasteiger partial charge in [0.1, 0.15) is 11.0 Å².